The molecule has 1 aromatic carbocycles. The van der Waals surface area contributed by atoms with Crippen LogP contribution in [-0.4, -0.2) is 18.9 Å². The largest absolute Gasteiger partial charge is 0.494 e. The first-order valence-corrected chi connectivity index (χ1v) is 7.47. The van der Waals surface area contributed by atoms with Gasteiger partial charge in [0.2, 0.25) is 0 Å². The molecule has 0 fully saturated rings. The first kappa shape index (κ1) is 16.6. The molecule has 0 amide bonds. The molecule has 0 radical (unpaired) electrons. The maximum Gasteiger partial charge on any atom is 0.165 e. The van der Waals surface area contributed by atoms with E-state index in [2.05, 4.69) is 13.8 Å². The van der Waals surface area contributed by atoms with E-state index < -0.39 is 0 Å². The standard InChI is InChI=1S/C15H21Cl2FO/c1-11(2)7-15(9-16,10-17)8-12-4-5-14(19-3)13(18)6-12/h4-6,11H,7-10H2,1-3H3. The van der Waals surface area contributed by atoms with Gasteiger partial charge in [0.1, 0.15) is 0 Å². The van der Waals surface area contributed by atoms with Gasteiger partial charge in [-0.3, -0.25) is 0 Å². The first-order valence-electron chi connectivity index (χ1n) is 6.40. The van der Waals surface area contributed by atoms with E-state index in [4.69, 9.17) is 27.9 Å². The maximum absolute atomic E-state index is 13.7. The van der Waals surface area contributed by atoms with E-state index in [9.17, 15) is 4.39 Å². The van der Waals surface area contributed by atoms with Crippen LogP contribution in [0, 0.1) is 17.2 Å². The van der Waals surface area contributed by atoms with Crippen LogP contribution in [0.3, 0.4) is 0 Å². The molecule has 1 aromatic rings. The number of rotatable bonds is 7. The van der Waals surface area contributed by atoms with Crippen molar-refractivity contribution in [3.63, 3.8) is 0 Å². The van der Waals surface area contributed by atoms with Gasteiger partial charge in [-0.1, -0.05) is 19.9 Å². The minimum Gasteiger partial charge on any atom is -0.494 e. The Morgan fingerprint density at radius 3 is 2.32 bits per heavy atom. The highest BCUT2D eigenvalue weighted by Crippen LogP contribution is 2.34. The predicted octanol–water partition coefficient (Wildman–Crippen LogP) is 4.89. The average molecular weight is 307 g/mol. The highest BCUT2D eigenvalue weighted by atomic mass is 35.5. The number of methoxy groups -OCH3 is 1. The third-order valence-electron chi connectivity index (χ3n) is 3.20. The minimum absolute atomic E-state index is 0.182. The quantitative estimate of drug-likeness (QED) is 0.652. The van der Waals surface area contributed by atoms with Gasteiger partial charge in [0.15, 0.2) is 11.6 Å². The molecule has 0 aromatic heterocycles. The molecule has 0 saturated heterocycles. The van der Waals surface area contributed by atoms with Gasteiger partial charge in [-0.15, -0.1) is 23.2 Å². The summed E-state index contributed by atoms with van der Waals surface area (Å²) in [6.45, 7) is 4.28. The number of halogens is 3. The molecule has 0 atom stereocenters. The second-order valence-electron chi connectivity index (χ2n) is 5.51. The van der Waals surface area contributed by atoms with Crippen molar-refractivity contribution in [2.75, 3.05) is 18.9 Å². The highest BCUT2D eigenvalue weighted by molar-refractivity contribution is 6.21. The van der Waals surface area contributed by atoms with Gasteiger partial charge in [-0.05, 0) is 36.5 Å². The maximum atomic E-state index is 13.7. The number of hydrogen-bond acceptors (Lipinski definition) is 1. The Morgan fingerprint density at radius 1 is 1.26 bits per heavy atom. The molecule has 0 aliphatic rings. The molecule has 0 aliphatic carbocycles. The predicted molar refractivity (Wildman–Crippen MR) is 80.0 cm³/mol. The van der Waals surface area contributed by atoms with Crippen LogP contribution in [-0.2, 0) is 6.42 Å². The van der Waals surface area contributed by atoms with Gasteiger partial charge in [0.25, 0.3) is 0 Å². The van der Waals surface area contributed by atoms with Gasteiger partial charge in [0.05, 0.1) is 7.11 Å². The molecular weight excluding hydrogens is 286 g/mol. The van der Waals surface area contributed by atoms with E-state index in [0.717, 1.165) is 12.0 Å². The zero-order valence-corrected chi connectivity index (χ0v) is 13.2. The molecule has 19 heavy (non-hydrogen) atoms. The van der Waals surface area contributed by atoms with Gasteiger partial charge in [0, 0.05) is 17.2 Å². The summed E-state index contributed by atoms with van der Waals surface area (Å²) < 4.78 is 18.6. The Bertz CT molecular complexity index is 403. The number of ether oxygens (including phenoxy) is 1. The van der Waals surface area contributed by atoms with Crippen LogP contribution in [0.5, 0.6) is 5.75 Å². The lowest BCUT2D eigenvalue weighted by Crippen LogP contribution is -2.30. The van der Waals surface area contributed by atoms with Crippen molar-refractivity contribution in [3.05, 3.63) is 29.6 Å². The normalized spacial score (nSPS) is 11.9. The third kappa shape index (κ3) is 4.54. The van der Waals surface area contributed by atoms with E-state index in [1.54, 1.807) is 6.07 Å². The summed E-state index contributed by atoms with van der Waals surface area (Å²) in [7, 11) is 1.46. The van der Waals surface area contributed by atoms with Crippen molar-refractivity contribution in [1.82, 2.24) is 0 Å². The van der Waals surface area contributed by atoms with Gasteiger partial charge in [-0.2, -0.15) is 0 Å². The van der Waals surface area contributed by atoms with E-state index in [0.29, 0.717) is 24.1 Å². The lowest BCUT2D eigenvalue weighted by Gasteiger charge is -2.31. The number of hydrogen-bond donors (Lipinski definition) is 0. The lowest BCUT2D eigenvalue weighted by molar-refractivity contribution is 0.295. The molecule has 0 heterocycles. The molecule has 0 aliphatic heterocycles. The summed E-state index contributed by atoms with van der Waals surface area (Å²) >= 11 is 12.2. The Hall–Kier alpha value is -0.470. The third-order valence-corrected chi connectivity index (χ3v) is 4.34. The second-order valence-corrected chi connectivity index (χ2v) is 6.05. The van der Waals surface area contributed by atoms with Crippen LogP contribution in [0.15, 0.2) is 18.2 Å². The van der Waals surface area contributed by atoms with Crippen molar-refractivity contribution >= 4 is 23.2 Å². The van der Waals surface area contributed by atoms with Gasteiger partial charge < -0.3 is 4.74 Å². The van der Waals surface area contributed by atoms with Crippen LogP contribution in [0.4, 0.5) is 4.39 Å². The summed E-state index contributed by atoms with van der Waals surface area (Å²) in [5.74, 6) is 1.36. The first-order chi connectivity index (χ1) is 8.96. The van der Waals surface area contributed by atoms with E-state index in [1.165, 1.54) is 13.2 Å². The summed E-state index contributed by atoms with van der Waals surface area (Å²) in [4.78, 5) is 0. The summed E-state index contributed by atoms with van der Waals surface area (Å²) in [6.07, 6.45) is 1.60. The van der Waals surface area contributed by atoms with E-state index in [-0.39, 0.29) is 17.0 Å². The van der Waals surface area contributed by atoms with Crippen LogP contribution >= 0.6 is 23.2 Å². The Balaban J connectivity index is 2.93. The Kier molecular flexibility index (Phi) is 6.41. The lowest BCUT2D eigenvalue weighted by atomic mass is 9.78. The fourth-order valence-electron chi connectivity index (χ4n) is 2.43. The highest BCUT2D eigenvalue weighted by Gasteiger charge is 2.30. The van der Waals surface area contributed by atoms with Crippen molar-refractivity contribution < 1.29 is 9.13 Å². The Morgan fingerprint density at radius 2 is 1.89 bits per heavy atom. The van der Waals surface area contributed by atoms with Crippen LogP contribution in [0.2, 0.25) is 0 Å². The topological polar surface area (TPSA) is 9.23 Å². The fraction of sp³-hybridized carbons (Fsp3) is 0.600. The van der Waals surface area contributed by atoms with Crippen molar-refractivity contribution in [2.45, 2.75) is 26.7 Å². The van der Waals surface area contributed by atoms with E-state index >= 15 is 0 Å². The van der Waals surface area contributed by atoms with Crippen LogP contribution in [0.25, 0.3) is 0 Å². The molecule has 0 bridgehead atoms. The summed E-state index contributed by atoms with van der Waals surface area (Å²) in [6, 6.07) is 5.02. The average Bonchev–Trinajstić information content (AvgIpc) is 2.37. The molecule has 108 valence electrons. The summed E-state index contributed by atoms with van der Waals surface area (Å²) in [5.41, 5.74) is 0.721. The van der Waals surface area contributed by atoms with Gasteiger partial charge >= 0.3 is 0 Å². The van der Waals surface area contributed by atoms with Crippen molar-refractivity contribution in [1.29, 1.82) is 0 Å². The van der Waals surface area contributed by atoms with Crippen molar-refractivity contribution in [3.8, 4) is 5.75 Å². The SMILES string of the molecule is COc1ccc(CC(CCl)(CCl)CC(C)C)cc1F. The fourth-order valence-corrected chi connectivity index (χ4v) is 3.12. The molecular formula is C15H21Cl2FO. The molecule has 0 unspecified atom stereocenters. The zero-order chi connectivity index (χ0) is 14.5. The van der Waals surface area contributed by atoms with Gasteiger partial charge in [-0.25, -0.2) is 4.39 Å². The smallest absolute Gasteiger partial charge is 0.165 e. The molecule has 0 N–H and O–H groups in total. The number of benzene rings is 1. The molecule has 0 spiro atoms. The molecule has 0 saturated carbocycles. The van der Waals surface area contributed by atoms with Crippen molar-refractivity contribution in [2.24, 2.45) is 11.3 Å². The summed E-state index contributed by atoms with van der Waals surface area (Å²) in [5, 5.41) is 0. The second kappa shape index (κ2) is 7.35. The zero-order valence-electron chi connectivity index (χ0n) is 11.7. The van der Waals surface area contributed by atoms with Crippen LogP contribution < -0.4 is 4.74 Å². The Labute approximate surface area is 125 Å². The molecule has 4 heteroatoms. The molecule has 1 rings (SSSR count). The number of alkyl halides is 2. The monoisotopic (exact) mass is 306 g/mol. The van der Waals surface area contributed by atoms with Crippen LogP contribution in [0.1, 0.15) is 25.8 Å². The minimum atomic E-state index is -0.345. The van der Waals surface area contributed by atoms with E-state index in [1.807, 2.05) is 6.07 Å². The molecule has 1 nitrogen and oxygen atoms in total.